The molecule has 2 aromatic heterocycles. The molecule has 10 heteroatoms. The van der Waals surface area contributed by atoms with E-state index in [0.717, 1.165) is 35.0 Å². The third-order valence-electron chi connectivity index (χ3n) is 6.37. The summed E-state index contributed by atoms with van der Waals surface area (Å²) in [5, 5.41) is 16.2. The third-order valence-corrected chi connectivity index (χ3v) is 6.37. The number of piperidine rings is 1. The second kappa shape index (κ2) is 9.22. The van der Waals surface area contributed by atoms with Crippen molar-refractivity contribution in [1.29, 1.82) is 0 Å². The lowest BCUT2D eigenvalue weighted by Crippen LogP contribution is -2.43. The van der Waals surface area contributed by atoms with Gasteiger partial charge in [0.05, 0.1) is 23.4 Å². The number of anilines is 3. The first kappa shape index (κ1) is 22.6. The molecule has 0 unspecified atom stereocenters. The van der Waals surface area contributed by atoms with Crippen LogP contribution in [-0.4, -0.2) is 45.7 Å². The average molecular weight is 474 g/mol. The smallest absolute Gasteiger partial charge is 0.294 e. The van der Waals surface area contributed by atoms with Crippen molar-refractivity contribution >= 4 is 33.9 Å². The molecule has 1 fully saturated rings. The minimum absolute atomic E-state index is 0.0163. The fourth-order valence-corrected chi connectivity index (χ4v) is 4.69. The number of para-hydroxylation sites is 1. The molecule has 10 nitrogen and oxygen atoms in total. The summed E-state index contributed by atoms with van der Waals surface area (Å²) in [4.78, 5) is 22.6. The summed E-state index contributed by atoms with van der Waals surface area (Å²) >= 11 is 0. The van der Waals surface area contributed by atoms with E-state index in [4.69, 9.17) is 10.5 Å². The van der Waals surface area contributed by atoms with Crippen LogP contribution >= 0.6 is 0 Å². The molecule has 3 N–H and O–H groups in total. The first-order valence-corrected chi connectivity index (χ1v) is 11.5. The molecule has 1 saturated heterocycles. The number of benzene rings is 2. The Bertz CT molecular complexity index is 1400. The molecule has 5 rings (SSSR count). The van der Waals surface area contributed by atoms with Crippen LogP contribution in [0.3, 0.4) is 0 Å². The number of nitro benzene ring substituents is 1. The van der Waals surface area contributed by atoms with Gasteiger partial charge < -0.3 is 25.3 Å². The Balaban J connectivity index is 1.51. The Hall–Kier alpha value is -4.18. The lowest BCUT2D eigenvalue weighted by Gasteiger charge is -2.32. The standard InChI is InChI=1S/C25H27N7O3/c1-30-15-18(17-7-3-4-8-21(17)30)19-9-10-27-25(28-19)29-20-12-23(32(33)34)22(13-24(20)35-2)31-11-5-6-16(26)14-31/h3-4,7-10,12-13,15-16H,5-6,11,14,26H2,1-2H3,(H,27,28,29)/t16-/m1/s1. The number of aryl methyl sites for hydroxylation is 1. The van der Waals surface area contributed by atoms with E-state index in [1.54, 1.807) is 12.3 Å². The summed E-state index contributed by atoms with van der Waals surface area (Å²) in [6, 6.07) is 13.1. The molecule has 3 heterocycles. The lowest BCUT2D eigenvalue weighted by atomic mass is 10.0. The summed E-state index contributed by atoms with van der Waals surface area (Å²) in [7, 11) is 3.53. The van der Waals surface area contributed by atoms with Gasteiger partial charge in [0.1, 0.15) is 11.4 Å². The van der Waals surface area contributed by atoms with Crippen LogP contribution in [0.2, 0.25) is 0 Å². The predicted molar refractivity (Wildman–Crippen MR) is 136 cm³/mol. The van der Waals surface area contributed by atoms with E-state index in [9.17, 15) is 10.1 Å². The fraction of sp³-hybridized carbons (Fsp3) is 0.280. The van der Waals surface area contributed by atoms with Crippen molar-refractivity contribution < 1.29 is 9.66 Å². The molecule has 0 radical (unpaired) electrons. The second-order valence-electron chi connectivity index (χ2n) is 8.71. The molecular formula is C25H27N7O3. The number of ether oxygens (including phenoxy) is 1. The van der Waals surface area contributed by atoms with Crippen LogP contribution in [0.25, 0.3) is 22.2 Å². The van der Waals surface area contributed by atoms with Crippen LogP contribution in [0, 0.1) is 10.1 Å². The van der Waals surface area contributed by atoms with E-state index in [0.29, 0.717) is 36.2 Å². The first-order chi connectivity index (χ1) is 16.9. The molecule has 4 aromatic rings. The Morgan fingerprint density at radius 1 is 1.26 bits per heavy atom. The SMILES string of the molecule is COc1cc(N2CCC[C@@H](N)C2)c([N+](=O)[O-])cc1Nc1nccc(-c2cn(C)c3ccccc23)n1. The van der Waals surface area contributed by atoms with E-state index in [1.807, 2.05) is 36.3 Å². The largest absolute Gasteiger partial charge is 0.494 e. The summed E-state index contributed by atoms with van der Waals surface area (Å²) in [6.45, 7) is 1.27. The maximum Gasteiger partial charge on any atom is 0.294 e. The van der Waals surface area contributed by atoms with Gasteiger partial charge >= 0.3 is 0 Å². The highest BCUT2D eigenvalue weighted by Crippen LogP contribution is 2.40. The van der Waals surface area contributed by atoms with Gasteiger partial charge in [-0.2, -0.15) is 0 Å². The van der Waals surface area contributed by atoms with Crippen LogP contribution < -0.4 is 20.7 Å². The van der Waals surface area contributed by atoms with Gasteiger partial charge in [-0.25, -0.2) is 9.97 Å². The van der Waals surface area contributed by atoms with Crippen LogP contribution in [0.1, 0.15) is 12.8 Å². The van der Waals surface area contributed by atoms with Gasteiger partial charge in [-0.05, 0) is 25.0 Å². The molecule has 2 aromatic carbocycles. The maximum absolute atomic E-state index is 12.0. The topological polar surface area (TPSA) is 124 Å². The number of nitrogens with two attached hydrogens (primary N) is 1. The summed E-state index contributed by atoms with van der Waals surface area (Å²) in [5.74, 6) is 0.777. The number of hydrogen-bond donors (Lipinski definition) is 2. The number of hydrogen-bond acceptors (Lipinski definition) is 8. The van der Waals surface area contributed by atoms with Gasteiger partial charge in [-0.15, -0.1) is 0 Å². The highest BCUT2D eigenvalue weighted by Gasteiger charge is 2.27. The van der Waals surface area contributed by atoms with Gasteiger partial charge in [0.25, 0.3) is 5.69 Å². The zero-order chi connectivity index (χ0) is 24.5. The van der Waals surface area contributed by atoms with Crippen LogP contribution in [0.4, 0.5) is 23.0 Å². The summed E-state index contributed by atoms with van der Waals surface area (Å²) in [6.07, 6.45) is 5.48. The zero-order valence-corrected chi connectivity index (χ0v) is 19.6. The lowest BCUT2D eigenvalue weighted by molar-refractivity contribution is -0.384. The zero-order valence-electron chi connectivity index (χ0n) is 19.6. The molecule has 1 aliphatic heterocycles. The number of nitro groups is 1. The number of methoxy groups -OCH3 is 1. The van der Waals surface area contributed by atoms with Gasteiger partial charge in [-0.1, -0.05) is 18.2 Å². The van der Waals surface area contributed by atoms with Crippen molar-refractivity contribution in [3.63, 3.8) is 0 Å². The maximum atomic E-state index is 12.0. The third kappa shape index (κ3) is 4.35. The van der Waals surface area contributed by atoms with Gasteiger partial charge in [-0.3, -0.25) is 10.1 Å². The fourth-order valence-electron chi connectivity index (χ4n) is 4.69. The first-order valence-electron chi connectivity index (χ1n) is 11.5. The Labute approximate surface area is 202 Å². The Kier molecular flexibility index (Phi) is 5.96. The van der Waals surface area contributed by atoms with E-state index in [-0.39, 0.29) is 16.7 Å². The van der Waals surface area contributed by atoms with Gasteiger partial charge in [0.15, 0.2) is 0 Å². The van der Waals surface area contributed by atoms with Crippen molar-refractivity contribution in [3.05, 3.63) is 65.0 Å². The number of fused-ring (bicyclic) bond motifs is 1. The molecule has 1 aliphatic rings. The Morgan fingerprint density at radius 3 is 2.86 bits per heavy atom. The van der Waals surface area contributed by atoms with Gasteiger partial charge in [0.2, 0.25) is 5.95 Å². The van der Waals surface area contributed by atoms with E-state index < -0.39 is 0 Å². The summed E-state index contributed by atoms with van der Waals surface area (Å²) in [5.41, 5.74) is 9.83. The summed E-state index contributed by atoms with van der Waals surface area (Å²) < 4.78 is 7.64. The van der Waals surface area contributed by atoms with Crippen LogP contribution in [-0.2, 0) is 7.05 Å². The number of nitrogens with one attached hydrogen (secondary N) is 1. The van der Waals surface area contributed by atoms with E-state index >= 15 is 0 Å². The van der Waals surface area contributed by atoms with Crippen molar-refractivity contribution in [1.82, 2.24) is 14.5 Å². The molecule has 180 valence electrons. The molecule has 0 saturated carbocycles. The monoisotopic (exact) mass is 473 g/mol. The van der Waals surface area contributed by atoms with Crippen molar-refractivity contribution in [3.8, 4) is 17.0 Å². The van der Waals surface area contributed by atoms with Crippen molar-refractivity contribution in [2.24, 2.45) is 12.8 Å². The predicted octanol–water partition coefficient (Wildman–Crippen LogP) is 4.22. The van der Waals surface area contributed by atoms with Crippen molar-refractivity contribution in [2.45, 2.75) is 18.9 Å². The van der Waals surface area contributed by atoms with E-state index in [2.05, 4.69) is 32.0 Å². The van der Waals surface area contributed by atoms with Crippen molar-refractivity contribution in [2.75, 3.05) is 30.4 Å². The van der Waals surface area contributed by atoms with E-state index in [1.165, 1.54) is 13.2 Å². The normalized spacial score (nSPS) is 15.9. The quantitative estimate of drug-likeness (QED) is 0.315. The molecular weight excluding hydrogens is 446 g/mol. The van der Waals surface area contributed by atoms with Crippen LogP contribution in [0.15, 0.2) is 54.9 Å². The van der Waals surface area contributed by atoms with Crippen LogP contribution in [0.5, 0.6) is 5.75 Å². The van der Waals surface area contributed by atoms with Gasteiger partial charge in [0, 0.05) is 67.2 Å². The highest BCUT2D eigenvalue weighted by molar-refractivity contribution is 5.95. The molecule has 1 atom stereocenters. The molecule has 0 aliphatic carbocycles. The number of nitrogens with zero attached hydrogens (tertiary/aromatic N) is 5. The minimum atomic E-state index is -0.381. The highest BCUT2D eigenvalue weighted by atomic mass is 16.6. The average Bonchev–Trinajstić information content (AvgIpc) is 3.20. The number of rotatable bonds is 6. The molecule has 35 heavy (non-hydrogen) atoms. The second-order valence-corrected chi connectivity index (χ2v) is 8.71. The molecule has 0 bridgehead atoms. The Morgan fingerprint density at radius 2 is 2.09 bits per heavy atom. The minimum Gasteiger partial charge on any atom is -0.494 e. The molecule has 0 spiro atoms. The molecule has 0 amide bonds. The number of aromatic nitrogens is 3.